The molecule has 248 valence electrons. The molecule has 0 aliphatic rings. The van der Waals surface area contributed by atoms with E-state index in [1.54, 1.807) is 36.7 Å². The van der Waals surface area contributed by atoms with Gasteiger partial charge >= 0.3 is 5.97 Å². The highest BCUT2D eigenvalue weighted by atomic mass is 16.4. The van der Waals surface area contributed by atoms with E-state index in [-0.39, 0.29) is 19.3 Å². The zero-order chi connectivity index (χ0) is 34.2. The number of aromatic nitrogens is 2. The fourth-order valence-corrected chi connectivity index (χ4v) is 5.64. The molecule has 5 aromatic rings. The second-order valence-electron chi connectivity index (χ2n) is 11.6. The number of amides is 4. The Morgan fingerprint density at radius 1 is 0.625 bits per heavy atom. The molecule has 48 heavy (non-hydrogen) atoms. The molecular formula is C35H37N7O6. The van der Waals surface area contributed by atoms with Gasteiger partial charge < -0.3 is 42.5 Å². The first-order valence-corrected chi connectivity index (χ1v) is 15.4. The number of hydrogen-bond acceptors (Lipinski definition) is 6. The molecule has 0 spiro atoms. The predicted octanol–water partition coefficient (Wildman–Crippen LogP) is 1.42. The van der Waals surface area contributed by atoms with Crippen molar-refractivity contribution in [3.05, 3.63) is 108 Å². The first-order chi connectivity index (χ1) is 23.1. The van der Waals surface area contributed by atoms with E-state index >= 15 is 0 Å². The molecular weight excluding hydrogens is 614 g/mol. The summed E-state index contributed by atoms with van der Waals surface area (Å²) in [5.74, 6) is -4.46. The van der Waals surface area contributed by atoms with Crippen LogP contribution >= 0.6 is 0 Å². The molecule has 0 saturated carbocycles. The van der Waals surface area contributed by atoms with Crippen molar-refractivity contribution in [3.63, 3.8) is 0 Å². The predicted molar refractivity (Wildman–Crippen MR) is 179 cm³/mol. The molecule has 13 nitrogen and oxygen atoms in total. The minimum atomic E-state index is -1.45. The number of H-pyrrole nitrogens is 2. The van der Waals surface area contributed by atoms with Gasteiger partial charge in [-0.15, -0.1) is 0 Å². The summed E-state index contributed by atoms with van der Waals surface area (Å²) in [5, 5.41) is 19.4. The van der Waals surface area contributed by atoms with Crippen LogP contribution in [-0.4, -0.2) is 68.8 Å². The number of nitrogens with one attached hydrogen (secondary N) is 5. The standard InChI is InChI=1S/C35H37N7O6/c36-25(14-20-8-2-1-3-9-20)32(44)40-29(17-31(37)43)34(46)41-28(15-21-18-38-26-12-6-4-10-23(21)26)33(45)42-30(35(47)48)16-22-19-39-27-13-7-5-11-24(22)27/h1-13,18-19,25,28-30,38-39H,14-17,36H2,(H2,37,43)(H,40,44)(H,41,46)(H,42,45)(H,47,48). The van der Waals surface area contributed by atoms with Crippen LogP contribution in [0.4, 0.5) is 0 Å². The van der Waals surface area contributed by atoms with Crippen LogP contribution in [-0.2, 0) is 43.2 Å². The third-order valence-corrected chi connectivity index (χ3v) is 8.12. The maximum atomic E-state index is 13.8. The number of carbonyl (C=O) groups excluding carboxylic acids is 4. The van der Waals surface area contributed by atoms with Crippen LogP contribution < -0.4 is 27.4 Å². The zero-order valence-electron chi connectivity index (χ0n) is 25.9. The highest BCUT2D eigenvalue weighted by Gasteiger charge is 2.32. The average Bonchev–Trinajstić information content (AvgIpc) is 3.67. The summed E-state index contributed by atoms with van der Waals surface area (Å²) in [7, 11) is 0. The summed E-state index contributed by atoms with van der Waals surface area (Å²) in [6, 6.07) is 18.7. The Kier molecular flexibility index (Phi) is 10.5. The number of fused-ring (bicyclic) bond motifs is 2. The number of hydrogen-bond donors (Lipinski definition) is 8. The van der Waals surface area contributed by atoms with Crippen LogP contribution in [0.25, 0.3) is 21.8 Å². The minimum Gasteiger partial charge on any atom is -0.480 e. The zero-order valence-corrected chi connectivity index (χ0v) is 25.9. The monoisotopic (exact) mass is 651 g/mol. The quantitative estimate of drug-likeness (QED) is 0.0830. The van der Waals surface area contributed by atoms with Gasteiger partial charge in [-0.3, -0.25) is 19.2 Å². The summed E-state index contributed by atoms with van der Waals surface area (Å²) < 4.78 is 0. The fourth-order valence-electron chi connectivity index (χ4n) is 5.64. The van der Waals surface area contributed by atoms with Crippen molar-refractivity contribution in [1.82, 2.24) is 25.9 Å². The van der Waals surface area contributed by atoms with Gasteiger partial charge in [0.1, 0.15) is 18.1 Å². The lowest BCUT2D eigenvalue weighted by atomic mass is 10.0. The van der Waals surface area contributed by atoms with Crippen molar-refractivity contribution in [2.24, 2.45) is 11.5 Å². The van der Waals surface area contributed by atoms with Gasteiger partial charge in [0.25, 0.3) is 0 Å². The summed E-state index contributed by atoms with van der Waals surface area (Å²) in [6.45, 7) is 0. The van der Waals surface area contributed by atoms with Crippen molar-refractivity contribution in [1.29, 1.82) is 0 Å². The number of carbonyl (C=O) groups is 5. The van der Waals surface area contributed by atoms with E-state index in [0.717, 1.165) is 27.4 Å². The van der Waals surface area contributed by atoms with Crippen LogP contribution in [0, 0.1) is 0 Å². The molecule has 0 saturated heterocycles. The van der Waals surface area contributed by atoms with Gasteiger partial charge in [0, 0.05) is 47.0 Å². The lowest BCUT2D eigenvalue weighted by molar-refractivity contribution is -0.142. The Morgan fingerprint density at radius 2 is 1.10 bits per heavy atom. The lowest BCUT2D eigenvalue weighted by Crippen LogP contribution is -2.58. The molecule has 4 unspecified atom stereocenters. The van der Waals surface area contributed by atoms with Gasteiger partial charge in [-0.2, -0.15) is 0 Å². The number of rotatable bonds is 15. The van der Waals surface area contributed by atoms with E-state index < -0.39 is 60.2 Å². The molecule has 5 rings (SSSR count). The molecule has 4 amide bonds. The van der Waals surface area contributed by atoms with Gasteiger partial charge in [-0.1, -0.05) is 66.7 Å². The molecule has 0 fully saturated rings. The average molecular weight is 652 g/mol. The third kappa shape index (κ3) is 8.25. The highest BCUT2D eigenvalue weighted by Crippen LogP contribution is 2.21. The Bertz CT molecular complexity index is 1940. The Morgan fingerprint density at radius 3 is 1.67 bits per heavy atom. The normalized spacial score (nSPS) is 13.7. The summed E-state index contributed by atoms with van der Waals surface area (Å²) in [4.78, 5) is 71.0. The van der Waals surface area contributed by atoms with Crippen LogP contribution in [0.1, 0.15) is 23.1 Å². The number of carboxylic acid groups (broad SMARTS) is 1. The maximum Gasteiger partial charge on any atom is 0.326 e. The van der Waals surface area contributed by atoms with Crippen molar-refractivity contribution < 1.29 is 29.1 Å². The lowest BCUT2D eigenvalue weighted by Gasteiger charge is -2.25. The second-order valence-corrected chi connectivity index (χ2v) is 11.6. The molecule has 13 heteroatoms. The van der Waals surface area contributed by atoms with Crippen molar-refractivity contribution in [3.8, 4) is 0 Å². The van der Waals surface area contributed by atoms with Gasteiger partial charge in [0.2, 0.25) is 23.6 Å². The first kappa shape index (κ1) is 33.4. The van der Waals surface area contributed by atoms with E-state index in [9.17, 15) is 29.1 Å². The van der Waals surface area contributed by atoms with E-state index in [2.05, 4.69) is 25.9 Å². The number of aromatic amines is 2. The van der Waals surface area contributed by atoms with Crippen molar-refractivity contribution in [2.45, 2.75) is 49.9 Å². The Hall–Kier alpha value is -5.95. The van der Waals surface area contributed by atoms with Gasteiger partial charge in [0.15, 0.2) is 0 Å². The number of nitrogens with two attached hydrogens (primary N) is 2. The van der Waals surface area contributed by atoms with Gasteiger partial charge in [0.05, 0.1) is 12.5 Å². The third-order valence-electron chi connectivity index (χ3n) is 8.12. The van der Waals surface area contributed by atoms with Gasteiger partial charge in [-0.25, -0.2) is 4.79 Å². The van der Waals surface area contributed by atoms with Crippen molar-refractivity contribution in [2.75, 3.05) is 0 Å². The molecule has 0 bridgehead atoms. The maximum absolute atomic E-state index is 13.8. The Labute approximate surface area is 275 Å². The van der Waals surface area contributed by atoms with E-state index in [4.69, 9.17) is 11.5 Å². The molecule has 4 atom stereocenters. The summed E-state index contributed by atoms with van der Waals surface area (Å²) in [5.41, 5.74) is 15.3. The topological polar surface area (TPSA) is 225 Å². The molecule has 10 N–H and O–H groups in total. The van der Waals surface area contributed by atoms with Crippen molar-refractivity contribution >= 4 is 51.4 Å². The first-order valence-electron chi connectivity index (χ1n) is 15.4. The molecule has 2 heterocycles. The number of aliphatic carboxylic acids is 1. The van der Waals surface area contributed by atoms with Crippen LogP contribution in [0.5, 0.6) is 0 Å². The van der Waals surface area contributed by atoms with Crippen LogP contribution in [0.3, 0.4) is 0 Å². The summed E-state index contributed by atoms with van der Waals surface area (Å²) in [6.07, 6.45) is 2.94. The molecule has 3 aromatic carbocycles. The highest BCUT2D eigenvalue weighted by molar-refractivity contribution is 5.97. The molecule has 2 aromatic heterocycles. The largest absolute Gasteiger partial charge is 0.480 e. The number of para-hydroxylation sites is 2. The molecule has 0 radical (unpaired) electrons. The van der Waals surface area contributed by atoms with E-state index in [1.807, 2.05) is 54.6 Å². The van der Waals surface area contributed by atoms with Crippen LogP contribution in [0.2, 0.25) is 0 Å². The second kappa shape index (κ2) is 15.1. The minimum absolute atomic E-state index is 0.0293. The van der Waals surface area contributed by atoms with Crippen LogP contribution in [0.15, 0.2) is 91.3 Å². The molecule has 0 aliphatic carbocycles. The smallest absolute Gasteiger partial charge is 0.326 e. The SMILES string of the molecule is NC(=O)CC(NC(=O)C(N)Cc1ccccc1)C(=O)NC(Cc1c[nH]c2ccccc12)C(=O)NC(Cc1c[nH]c2ccccc12)C(=O)O. The van der Waals surface area contributed by atoms with E-state index in [1.165, 1.54) is 0 Å². The number of carboxylic acids is 1. The fraction of sp³-hybridized carbons (Fsp3) is 0.229. The molecule has 0 aliphatic heterocycles. The Balaban J connectivity index is 1.36. The number of benzene rings is 3. The van der Waals surface area contributed by atoms with Gasteiger partial charge in [-0.05, 0) is 35.2 Å². The summed E-state index contributed by atoms with van der Waals surface area (Å²) >= 11 is 0. The number of primary amides is 1. The van der Waals surface area contributed by atoms with E-state index in [0.29, 0.717) is 11.1 Å².